The molecule has 0 aromatic heterocycles. The summed E-state index contributed by atoms with van der Waals surface area (Å²) >= 11 is 0. The molecule has 0 aliphatic heterocycles. The summed E-state index contributed by atoms with van der Waals surface area (Å²) in [5.41, 5.74) is 8.41. The largest absolute Gasteiger partial charge is 0.353 e. The number of carbonyl (C=O) groups excluding carboxylic acids is 1. The van der Waals surface area contributed by atoms with E-state index < -0.39 is 0 Å². The molecule has 1 aromatic rings. The Morgan fingerprint density at radius 1 is 1.24 bits per heavy atom. The van der Waals surface area contributed by atoms with Crippen LogP contribution in [0.15, 0.2) is 24.3 Å². The van der Waals surface area contributed by atoms with Gasteiger partial charge in [0.2, 0.25) is 5.91 Å². The molecule has 21 heavy (non-hydrogen) atoms. The molecule has 3 heteroatoms. The summed E-state index contributed by atoms with van der Waals surface area (Å²) < 4.78 is 0. The van der Waals surface area contributed by atoms with E-state index in [2.05, 4.69) is 43.4 Å². The number of nitrogens with two attached hydrogens (primary N) is 1. The van der Waals surface area contributed by atoms with Crippen molar-refractivity contribution in [3.05, 3.63) is 35.4 Å². The summed E-state index contributed by atoms with van der Waals surface area (Å²) in [6.07, 6.45) is 4.52. The monoisotopic (exact) mass is 288 g/mol. The van der Waals surface area contributed by atoms with Crippen LogP contribution in [0.3, 0.4) is 0 Å². The molecular formula is C18H28N2O. The number of carbonyl (C=O) groups is 1. The van der Waals surface area contributed by atoms with Gasteiger partial charge in [-0.1, -0.05) is 38.1 Å². The van der Waals surface area contributed by atoms with Crippen molar-refractivity contribution in [1.29, 1.82) is 0 Å². The van der Waals surface area contributed by atoms with Crippen molar-refractivity contribution in [3.63, 3.8) is 0 Å². The minimum Gasteiger partial charge on any atom is -0.353 e. The van der Waals surface area contributed by atoms with Crippen LogP contribution in [0.4, 0.5) is 0 Å². The van der Waals surface area contributed by atoms with E-state index in [9.17, 15) is 4.79 Å². The lowest BCUT2D eigenvalue weighted by Gasteiger charge is -2.20. The van der Waals surface area contributed by atoms with E-state index in [0.29, 0.717) is 24.8 Å². The Bertz CT molecular complexity index is 445. The van der Waals surface area contributed by atoms with Crippen molar-refractivity contribution in [3.8, 4) is 0 Å². The van der Waals surface area contributed by atoms with Crippen molar-refractivity contribution in [2.24, 2.45) is 17.6 Å². The van der Waals surface area contributed by atoms with Gasteiger partial charge in [0.15, 0.2) is 0 Å². The predicted octanol–water partition coefficient (Wildman–Crippen LogP) is 2.67. The Morgan fingerprint density at radius 2 is 1.86 bits per heavy atom. The molecule has 1 unspecified atom stereocenters. The first kappa shape index (κ1) is 16.0. The van der Waals surface area contributed by atoms with Crippen LogP contribution < -0.4 is 11.1 Å². The van der Waals surface area contributed by atoms with Crippen molar-refractivity contribution in [1.82, 2.24) is 5.32 Å². The van der Waals surface area contributed by atoms with Gasteiger partial charge in [-0.3, -0.25) is 4.79 Å². The molecule has 1 atom stereocenters. The number of amides is 1. The van der Waals surface area contributed by atoms with Crippen LogP contribution in [-0.4, -0.2) is 18.5 Å². The molecule has 1 aromatic carbocycles. The van der Waals surface area contributed by atoms with E-state index in [0.717, 1.165) is 25.7 Å². The summed E-state index contributed by atoms with van der Waals surface area (Å²) in [6, 6.07) is 8.75. The molecule has 3 nitrogen and oxygen atoms in total. The van der Waals surface area contributed by atoms with E-state index >= 15 is 0 Å². The van der Waals surface area contributed by atoms with Crippen LogP contribution in [0.2, 0.25) is 0 Å². The topological polar surface area (TPSA) is 55.1 Å². The first-order valence-electron chi connectivity index (χ1n) is 8.16. The SMILES string of the molecule is CC(C)C(CCN)CCC(=O)NC1Cc2ccccc2C1. The van der Waals surface area contributed by atoms with E-state index in [1.54, 1.807) is 0 Å². The Balaban J connectivity index is 1.76. The Hall–Kier alpha value is -1.35. The smallest absolute Gasteiger partial charge is 0.220 e. The maximum Gasteiger partial charge on any atom is 0.220 e. The minimum atomic E-state index is 0.190. The summed E-state index contributed by atoms with van der Waals surface area (Å²) in [6.45, 7) is 5.14. The van der Waals surface area contributed by atoms with Crippen LogP contribution >= 0.6 is 0 Å². The zero-order valence-electron chi connectivity index (χ0n) is 13.3. The van der Waals surface area contributed by atoms with E-state index in [1.807, 2.05) is 0 Å². The normalized spacial score (nSPS) is 16.0. The van der Waals surface area contributed by atoms with Crippen LogP contribution in [-0.2, 0) is 17.6 Å². The second-order valence-corrected chi connectivity index (χ2v) is 6.56. The highest BCUT2D eigenvalue weighted by atomic mass is 16.1. The maximum atomic E-state index is 12.1. The molecule has 0 saturated carbocycles. The average Bonchev–Trinajstić information content (AvgIpc) is 2.85. The molecule has 3 N–H and O–H groups in total. The Labute approximate surface area is 128 Å². The number of hydrogen-bond donors (Lipinski definition) is 2. The molecule has 0 saturated heterocycles. The zero-order chi connectivity index (χ0) is 15.2. The highest BCUT2D eigenvalue weighted by molar-refractivity contribution is 5.76. The fourth-order valence-electron chi connectivity index (χ4n) is 3.30. The molecule has 2 rings (SSSR count). The summed E-state index contributed by atoms with van der Waals surface area (Å²) in [5, 5.41) is 3.19. The lowest BCUT2D eigenvalue weighted by atomic mass is 9.88. The second-order valence-electron chi connectivity index (χ2n) is 6.56. The fraction of sp³-hybridized carbons (Fsp3) is 0.611. The van der Waals surface area contributed by atoms with Crippen LogP contribution in [0, 0.1) is 11.8 Å². The molecular weight excluding hydrogens is 260 g/mol. The summed E-state index contributed by atoms with van der Waals surface area (Å²) in [5.74, 6) is 1.34. The zero-order valence-corrected chi connectivity index (χ0v) is 13.3. The van der Waals surface area contributed by atoms with Crippen LogP contribution in [0.1, 0.15) is 44.2 Å². The average molecular weight is 288 g/mol. The predicted molar refractivity (Wildman–Crippen MR) is 87.0 cm³/mol. The highest BCUT2D eigenvalue weighted by Gasteiger charge is 2.22. The van der Waals surface area contributed by atoms with Crippen LogP contribution in [0.5, 0.6) is 0 Å². The first-order valence-corrected chi connectivity index (χ1v) is 8.16. The number of nitrogens with one attached hydrogen (secondary N) is 1. The number of hydrogen-bond acceptors (Lipinski definition) is 2. The molecule has 0 spiro atoms. The Morgan fingerprint density at radius 3 is 2.38 bits per heavy atom. The molecule has 1 amide bonds. The van der Waals surface area contributed by atoms with Crippen molar-refractivity contribution >= 4 is 5.91 Å². The van der Waals surface area contributed by atoms with Gasteiger partial charge in [-0.2, -0.15) is 0 Å². The van der Waals surface area contributed by atoms with Gasteiger partial charge in [0.05, 0.1) is 0 Å². The quantitative estimate of drug-likeness (QED) is 0.810. The van der Waals surface area contributed by atoms with Gasteiger partial charge in [0, 0.05) is 12.5 Å². The molecule has 0 bridgehead atoms. The molecule has 0 fully saturated rings. The molecule has 1 aliphatic carbocycles. The summed E-state index contributed by atoms with van der Waals surface area (Å²) in [4.78, 5) is 12.1. The second kappa shape index (κ2) is 7.60. The highest BCUT2D eigenvalue weighted by Crippen LogP contribution is 2.23. The minimum absolute atomic E-state index is 0.190. The van der Waals surface area contributed by atoms with Gasteiger partial charge < -0.3 is 11.1 Å². The van der Waals surface area contributed by atoms with Crippen molar-refractivity contribution < 1.29 is 4.79 Å². The van der Waals surface area contributed by atoms with Gasteiger partial charge in [0.25, 0.3) is 0 Å². The standard InChI is InChI=1S/C18H28N2O/c1-13(2)14(9-10-19)7-8-18(21)20-17-11-15-5-3-4-6-16(15)12-17/h3-6,13-14,17H,7-12,19H2,1-2H3,(H,20,21). The van der Waals surface area contributed by atoms with E-state index in [-0.39, 0.29) is 11.9 Å². The lowest BCUT2D eigenvalue weighted by Crippen LogP contribution is -2.35. The molecule has 0 heterocycles. The molecule has 0 radical (unpaired) electrons. The number of fused-ring (bicyclic) bond motifs is 1. The van der Waals surface area contributed by atoms with Crippen LogP contribution in [0.25, 0.3) is 0 Å². The third-order valence-electron chi connectivity index (χ3n) is 4.64. The Kier molecular flexibility index (Phi) is 5.80. The van der Waals surface area contributed by atoms with Gasteiger partial charge in [0.1, 0.15) is 0 Å². The molecule has 116 valence electrons. The third kappa shape index (κ3) is 4.57. The fourth-order valence-corrected chi connectivity index (χ4v) is 3.30. The van der Waals surface area contributed by atoms with E-state index in [1.165, 1.54) is 11.1 Å². The van der Waals surface area contributed by atoms with Gasteiger partial charge in [-0.05, 0) is 55.2 Å². The first-order chi connectivity index (χ1) is 10.1. The van der Waals surface area contributed by atoms with Crippen molar-refractivity contribution in [2.45, 2.75) is 52.0 Å². The molecule has 1 aliphatic rings. The number of benzene rings is 1. The van der Waals surface area contributed by atoms with Gasteiger partial charge >= 0.3 is 0 Å². The lowest BCUT2D eigenvalue weighted by molar-refractivity contribution is -0.122. The van der Waals surface area contributed by atoms with Gasteiger partial charge in [-0.25, -0.2) is 0 Å². The summed E-state index contributed by atoms with van der Waals surface area (Å²) in [7, 11) is 0. The number of rotatable bonds is 7. The third-order valence-corrected chi connectivity index (χ3v) is 4.64. The van der Waals surface area contributed by atoms with E-state index in [4.69, 9.17) is 5.73 Å². The van der Waals surface area contributed by atoms with Crippen molar-refractivity contribution in [2.75, 3.05) is 6.54 Å². The van der Waals surface area contributed by atoms with Gasteiger partial charge in [-0.15, -0.1) is 0 Å². The maximum absolute atomic E-state index is 12.1.